The second kappa shape index (κ2) is 10.0. The molecule has 0 atom stereocenters. The van der Waals surface area contributed by atoms with E-state index in [1.54, 1.807) is 13.4 Å². The number of aliphatic imine (C=N–C) groups is 1. The van der Waals surface area contributed by atoms with Gasteiger partial charge >= 0.3 is 0 Å². The first kappa shape index (κ1) is 20.8. The van der Waals surface area contributed by atoms with Gasteiger partial charge in [-0.25, -0.2) is 9.98 Å². The largest absolute Gasteiger partial charge is 0.497 e. The molecule has 0 aliphatic carbocycles. The van der Waals surface area contributed by atoms with Crippen LogP contribution in [-0.2, 0) is 6.54 Å². The molecule has 0 spiro atoms. The van der Waals surface area contributed by atoms with Gasteiger partial charge in [0.1, 0.15) is 17.7 Å². The summed E-state index contributed by atoms with van der Waals surface area (Å²) in [5.41, 5.74) is 3.02. The fraction of sp³-hybridized carbons (Fsp3) is 0.333. The minimum Gasteiger partial charge on any atom is -0.497 e. The maximum atomic E-state index is 5.64. The molecule has 1 N–H and O–H groups in total. The number of nitrogens with one attached hydrogen (secondary N) is 1. The van der Waals surface area contributed by atoms with E-state index in [9.17, 15) is 0 Å². The molecule has 4 rings (SSSR count). The quantitative estimate of drug-likeness (QED) is 0.486. The smallest absolute Gasteiger partial charge is 0.226 e. The summed E-state index contributed by atoms with van der Waals surface area (Å²) in [5, 5.41) is 3.41. The van der Waals surface area contributed by atoms with Gasteiger partial charge in [-0.05, 0) is 43.3 Å². The summed E-state index contributed by atoms with van der Waals surface area (Å²) in [5.74, 6) is 2.43. The Morgan fingerprint density at radius 3 is 2.48 bits per heavy atom. The Kier molecular flexibility index (Phi) is 6.72. The van der Waals surface area contributed by atoms with Crippen molar-refractivity contribution in [2.75, 3.05) is 44.7 Å². The van der Waals surface area contributed by atoms with Gasteiger partial charge in [0.15, 0.2) is 5.96 Å². The topological polar surface area (TPSA) is 66.1 Å². The molecule has 1 fully saturated rings. The van der Waals surface area contributed by atoms with Crippen LogP contribution < -0.4 is 15.0 Å². The standard InChI is InChI=1S/C24H29N5O2/c1-3-25-24(26-17-20-18-31-23(27-20)19-7-5-4-6-8-19)29-15-13-28(14-16-29)21-9-11-22(30-2)12-10-21/h4-12,18H,3,13-17H2,1-2H3,(H,25,26). The van der Waals surface area contributed by atoms with Gasteiger partial charge in [0, 0.05) is 44.0 Å². The third kappa shape index (κ3) is 5.17. The van der Waals surface area contributed by atoms with Crippen LogP contribution in [0.1, 0.15) is 12.6 Å². The van der Waals surface area contributed by atoms with Crippen molar-refractivity contribution in [1.82, 2.24) is 15.2 Å². The van der Waals surface area contributed by atoms with Gasteiger partial charge in [0.05, 0.1) is 13.7 Å². The summed E-state index contributed by atoms with van der Waals surface area (Å²) in [6.07, 6.45) is 1.69. The fourth-order valence-corrected chi connectivity index (χ4v) is 3.64. The van der Waals surface area contributed by atoms with Crippen LogP contribution in [0.25, 0.3) is 11.5 Å². The van der Waals surface area contributed by atoms with E-state index in [4.69, 9.17) is 14.1 Å². The lowest BCUT2D eigenvalue weighted by atomic mass is 10.2. The number of hydrogen-bond donors (Lipinski definition) is 1. The Balaban J connectivity index is 1.37. The maximum Gasteiger partial charge on any atom is 0.226 e. The predicted octanol–water partition coefficient (Wildman–Crippen LogP) is 3.64. The van der Waals surface area contributed by atoms with E-state index < -0.39 is 0 Å². The van der Waals surface area contributed by atoms with Gasteiger partial charge in [0.2, 0.25) is 5.89 Å². The van der Waals surface area contributed by atoms with Crippen molar-refractivity contribution in [3.05, 3.63) is 66.6 Å². The van der Waals surface area contributed by atoms with Gasteiger partial charge < -0.3 is 24.3 Å². The molecular weight excluding hydrogens is 390 g/mol. The number of benzene rings is 2. The minimum absolute atomic E-state index is 0.483. The number of piperazine rings is 1. The highest BCUT2D eigenvalue weighted by molar-refractivity contribution is 5.80. The summed E-state index contributed by atoms with van der Waals surface area (Å²) < 4.78 is 10.9. The van der Waals surface area contributed by atoms with Crippen molar-refractivity contribution < 1.29 is 9.15 Å². The lowest BCUT2D eigenvalue weighted by Crippen LogP contribution is -2.52. The van der Waals surface area contributed by atoms with Crippen molar-refractivity contribution in [1.29, 1.82) is 0 Å². The second-order valence-electron chi connectivity index (χ2n) is 7.35. The van der Waals surface area contributed by atoms with Gasteiger partial charge in [-0.3, -0.25) is 0 Å². The number of hydrogen-bond acceptors (Lipinski definition) is 5. The van der Waals surface area contributed by atoms with Crippen molar-refractivity contribution >= 4 is 11.6 Å². The van der Waals surface area contributed by atoms with Crippen molar-refractivity contribution in [2.45, 2.75) is 13.5 Å². The molecule has 2 heterocycles. The molecule has 7 heteroatoms. The molecule has 0 bridgehead atoms. The number of methoxy groups -OCH3 is 1. The molecule has 3 aromatic rings. The normalized spacial score (nSPS) is 14.6. The van der Waals surface area contributed by atoms with Crippen LogP contribution in [0.15, 0.2) is 70.3 Å². The zero-order chi connectivity index (χ0) is 21.5. The fourth-order valence-electron chi connectivity index (χ4n) is 3.64. The van der Waals surface area contributed by atoms with Gasteiger partial charge in [-0.1, -0.05) is 18.2 Å². The van der Waals surface area contributed by atoms with Gasteiger partial charge in [0.25, 0.3) is 0 Å². The van der Waals surface area contributed by atoms with E-state index >= 15 is 0 Å². The van der Waals surface area contributed by atoms with Crippen LogP contribution in [0.5, 0.6) is 5.75 Å². The number of nitrogens with zero attached hydrogens (tertiary/aromatic N) is 4. The summed E-state index contributed by atoms with van der Waals surface area (Å²) in [7, 11) is 1.69. The highest BCUT2D eigenvalue weighted by Crippen LogP contribution is 2.21. The Hall–Kier alpha value is -3.48. The molecule has 7 nitrogen and oxygen atoms in total. The van der Waals surface area contributed by atoms with Crippen molar-refractivity contribution in [3.63, 3.8) is 0 Å². The van der Waals surface area contributed by atoms with Gasteiger partial charge in [-0.2, -0.15) is 0 Å². The predicted molar refractivity (Wildman–Crippen MR) is 124 cm³/mol. The van der Waals surface area contributed by atoms with Crippen molar-refractivity contribution in [2.24, 2.45) is 4.99 Å². The molecule has 2 aromatic carbocycles. The number of aromatic nitrogens is 1. The SMILES string of the molecule is CCNC(=NCc1coc(-c2ccccc2)n1)N1CCN(c2ccc(OC)cc2)CC1. The van der Waals surface area contributed by atoms with Crippen LogP contribution in [0, 0.1) is 0 Å². The van der Waals surface area contributed by atoms with E-state index in [2.05, 4.69) is 39.2 Å². The third-order valence-corrected chi connectivity index (χ3v) is 5.31. The molecule has 0 unspecified atom stereocenters. The molecule has 162 valence electrons. The number of guanidine groups is 1. The monoisotopic (exact) mass is 419 g/mol. The van der Waals surface area contributed by atoms with Crippen LogP contribution in [0.3, 0.4) is 0 Å². The zero-order valence-electron chi connectivity index (χ0n) is 18.1. The Morgan fingerprint density at radius 2 is 1.81 bits per heavy atom. The van der Waals surface area contributed by atoms with Crippen LogP contribution in [-0.4, -0.2) is 55.7 Å². The maximum absolute atomic E-state index is 5.64. The molecule has 31 heavy (non-hydrogen) atoms. The molecule has 1 aliphatic heterocycles. The molecule has 0 amide bonds. The first-order chi connectivity index (χ1) is 15.3. The van der Waals surface area contributed by atoms with E-state index in [1.807, 2.05) is 42.5 Å². The number of rotatable bonds is 6. The minimum atomic E-state index is 0.483. The average Bonchev–Trinajstić information content (AvgIpc) is 3.32. The van der Waals surface area contributed by atoms with Gasteiger partial charge in [-0.15, -0.1) is 0 Å². The second-order valence-corrected chi connectivity index (χ2v) is 7.35. The van der Waals surface area contributed by atoms with E-state index in [-0.39, 0.29) is 0 Å². The highest BCUT2D eigenvalue weighted by Gasteiger charge is 2.20. The first-order valence-electron chi connectivity index (χ1n) is 10.7. The zero-order valence-corrected chi connectivity index (χ0v) is 18.1. The molecular formula is C24H29N5O2. The lowest BCUT2D eigenvalue weighted by molar-refractivity contribution is 0.372. The van der Waals surface area contributed by atoms with Crippen LogP contribution in [0.4, 0.5) is 5.69 Å². The molecule has 1 aromatic heterocycles. The summed E-state index contributed by atoms with van der Waals surface area (Å²) in [4.78, 5) is 14.1. The van der Waals surface area contributed by atoms with E-state index in [0.29, 0.717) is 12.4 Å². The highest BCUT2D eigenvalue weighted by atomic mass is 16.5. The number of oxazole rings is 1. The van der Waals surface area contributed by atoms with E-state index in [0.717, 1.165) is 55.7 Å². The van der Waals surface area contributed by atoms with Crippen LogP contribution >= 0.6 is 0 Å². The molecule has 1 saturated heterocycles. The van der Waals surface area contributed by atoms with Crippen LogP contribution in [0.2, 0.25) is 0 Å². The number of anilines is 1. The Bertz CT molecular complexity index is 977. The summed E-state index contributed by atoms with van der Waals surface area (Å²) in [6.45, 7) is 7.10. The molecule has 0 saturated carbocycles. The Morgan fingerprint density at radius 1 is 1.06 bits per heavy atom. The van der Waals surface area contributed by atoms with Crippen molar-refractivity contribution in [3.8, 4) is 17.2 Å². The average molecular weight is 420 g/mol. The first-order valence-corrected chi connectivity index (χ1v) is 10.7. The van der Waals surface area contributed by atoms with E-state index in [1.165, 1.54) is 5.69 Å². The third-order valence-electron chi connectivity index (χ3n) is 5.31. The lowest BCUT2D eigenvalue weighted by Gasteiger charge is -2.37. The Labute approximate surface area is 183 Å². The summed E-state index contributed by atoms with van der Waals surface area (Å²) in [6, 6.07) is 18.2. The molecule has 0 radical (unpaired) electrons. The number of ether oxygens (including phenoxy) is 1. The molecule has 1 aliphatic rings. The summed E-state index contributed by atoms with van der Waals surface area (Å²) >= 11 is 0.